The Morgan fingerprint density at radius 1 is 1.09 bits per heavy atom. The van der Waals surface area contributed by atoms with Crippen LogP contribution in [0, 0.1) is 0 Å². The van der Waals surface area contributed by atoms with Crippen LogP contribution in [0.5, 0.6) is 5.75 Å². The van der Waals surface area contributed by atoms with Gasteiger partial charge in [-0.15, -0.1) is 0 Å². The van der Waals surface area contributed by atoms with Gasteiger partial charge in [0, 0.05) is 17.5 Å². The van der Waals surface area contributed by atoms with Crippen LogP contribution < -0.4 is 4.74 Å². The number of rotatable bonds is 2. The van der Waals surface area contributed by atoms with Crippen molar-refractivity contribution in [3.8, 4) is 5.75 Å². The van der Waals surface area contributed by atoms with Crippen LogP contribution in [0.15, 0.2) is 30.3 Å². The van der Waals surface area contributed by atoms with Crippen LogP contribution in [0.3, 0.4) is 0 Å². The molecule has 0 amide bonds. The molecule has 0 bridgehead atoms. The van der Waals surface area contributed by atoms with Crippen LogP contribution in [-0.2, 0) is 12.8 Å². The van der Waals surface area contributed by atoms with Gasteiger partial charge in [-0.3, -0.25) is 4.79 Å². The molecule has 0 saturated carbocycles. The average molecular weight is 349 g/mol. The fraction of sp³-hybridized carbons (Fsp3) is 0.278. The van der Waals surface area contributed by atoms with Crippen molar-refractivity contribution in [2.75, 3.05) is 6.61 Å². The first-order valence-corrected chi connectivity index (χ1v) is 8.26. The van der Waals surface area contributed by atoms with Gasteiger partial charge in [-0.25, -0.2) is 0 Å². The van der Waals surface area contributed by atoms with Gasteiger partial charge in [0.2, 0.25) is 0 Å². The molecule has 118 valence electrons. The molecule has 0 fully saturated rings. The third-order valence-corrected chi connectivity index (χ3v) is 5.48. The first kappa shape index (κ1) is 15.0. The molecule has 0 spiro atoms. The quantitative estimate of drug-likeness (QED) is 0.897. The molecule has 2 aromatic carbocycles. The number of ketones is 1. The smallest absolute Gasteiger partial charge is 0.172 e. The maximum atomic E-state index is 12.9. The molecule has 1 aliphatic heterocycles. The fourth-order valence-electron chi connectivity index (χ4n) is 3.55. The molecule has 1 aliphatic carbocycles. The summed E-state index contributed by atoms with van der Waals surface area (Å²) < 4.78 is 5.69. The van der Waals surface area contributed by atoms with Crippen molar-refractivity contribution in [2.45, 2.75) is 24.9 Å². The van der Waals surface area contributed by atoms with Crippen molar-refractivity contribution in [2.24, 2.45) is 0 Å². The number of carbonyl (C=O) groups excluding carboxylic acids is 1. The summed E-state index contributed by atoms with van der Waals surface area (Å²) in [6, 6.07) is 9.69. The second-order valence-corrected chi connectivity index (χ2v) is 6.70. The largest absolute Gasteiger partial charge is 0.486 e. The van der Waals surface area contributed by atoms with Crippen LogP contribution in [0.2, 0.25) is 10.0 Å². The molecule has 0 aromatic heterocycles. The Labute approximate surface area is 143 Å². The molecule has 4 rings (SSSR count). The molecule has 2 aliphatic rings. The third-order valence-electron chi connectivity index (χ3n) is 4.64. The normalized spacial score (nSPS) is 22.0. The van der Waals surface area contributed by atoms with Crippen molar-refractivity contribution >= 4 is 29.0 Å². The van der Waals surface area contributed by atoms with Crippen LogP contribution in [0.1, 0.15) is 33.0 Å². The minimum absolute atomic E-state index is 0.00773. The second-order valence-electron chi connectivity index (χ2n) is 5.95. The minimum Gasteiger partial charge on any atom is -0.486 e. The van der Waals surface area contributed by atoms with Gasteiger partial charge in [-0.2, -0.15) is 0 Å². The average Bonchev–Trinajstić information content (AvgIpc) is 3.15. The lowest BCUT2D eigenvalue weighted by atomic mass is 9.95. The topological polar surface area (TPSA) is 46.5 Å². The van der Waals surface area contributed by atoms with E-state index in [1.54, 1.807) is 0 Å². The van der Waals surface area contributed by atoms with Crippen LogP contribution >= 0.6 is 23.2 Å². The van der Waals surface area contributed by atoms with Gasteiger partial charge in [0.15, 0.2) is 5.78 Å². The summed E-state index contributed by atoms with van der Waals surface area (Å²) >= 11 is 12.7. The monoisotopic (exact) mass is 348 g/mol. The number of ether oxygens (including phenoxy) is 1. The van der Waals surface area contributed by atoms with Gasteiger partial charge < -0.3 is 9.84 Å². The highest BCUT2D eigenvalue weighted by atomic mass is 35.5. The molecular formula is C18H14Cl2O3. The van der Waals surface area contributed by atoms with Crippen molar-refractivity contribution in [3.63, 3.8) is 0 Å². The number of hydrogen-bond acceptors (Lipinski definition) is 3. The summed E-state index contributed by atoms with van der Waals surface area (Å²) in [6.07, 6.45) is 0.828. The number of fused-ring (bicyclic) bond motifs is 3. The van der Waals surface area contributed by atoms with Crippen LogP contribution in [0.25, 0.3) is 0 Å². The number of aliphatic hydroxyl groups is 1. The van der Waals surface area contributed by atoms with Crippen molar-refractivity contribution in [1.82, 2.24) is 0 Å². The fourth-order valence-corrected chi connectivity index (χ4v) is 4.09. The van der Waals surface area contributed by atoms with Crippen molar-refractivity contribution < 1.29 is 14.6 Å². The van der Waals surface area contributed by atoms with Gasteiger partial charge in [-0.1, -0.05) is 53.5 Å². The van der Waals surface area contributed by atoms with Gasteiger partial charge in [-0.05, 0) is 17.5 Å². The first-order valence-electron chi connectivity index (χ1n) is 7.51. The molecule has 0 saturated heterocycles. The zero-order chi connectivity index (χ0) is 16.1. The number of Topliss-reactive ketones (excluding diaryl/α,β-unsaturated/α-hetero) is 1. The van der Waals surface area contributed by atoms with Crippen molar-refractivity contribution in [1.29, 1.82) is 0 Å². The molecular weight excluding hydrogens is 335 g/mol. The third kappa shape index (κ3) is 2.18. The van der Waals surface area contributed by atoms with Gasteiger partial charge >= 0.3 is 0 Å². The summed E-state index contributed by atoms with van der Waals surface area (Å²) in [5, 5.41) is 9.90. The lowest BCUT2D eigenvalue weighted by Crippen LogP contribution is -2.17. The molecule has 23 heavy (non-hydrogen) atoms. The highest BCUT2D eigenvalue weighted by Gasteiger charge is 2.40. The Kier molecular flexibility index (Phi) is 3.60. The van der Waals surface area contributed by atoms with E-state index in [1.807, 2.05) is 30.3 Å². The zero-order valence-electron chi connectivity index (χ0n) is 12.2. The number of carbonyl (C=O) groups is 1. The molecule has 2 atom stereocenters. The summed E-state index contributed by atoms with van der Waals surface area (Å²) in [6.45, 7) is -0.0898. The van der Waals surface area contributed by atoms with E-state index in [1.165, 1.54) is 0 Å². The highest BCUT2D eigenvalue weighted by molar-refractivity contribution is 6.45. The maximum absolute atomic E-state index is 12.9. The molecule has 2 unspecified atom stereocenters. The molecule has 0 radical (unpaired) electrons. The number of benzene rings is 2. The molecule has 1 heterocycles. The predicted octanol–water partition coefficient (Wildman–Crippen LogP) is 3.81. The zero-order valence-corrected chi connectivity index (χ0v) is 13.7. The minimum atomic E-state index is -0.323. The highest BCUT2D eigenvalue weighted by Crippen LogP contribution is 2.50. The predicted molar refractivity (Wildman–Crippen MR) is 88.9 cm³/mol. The lowest BCUT2D eigenvalue weighted by molar-refractivity contribution is 0.0973. The Hall–Kier alpha value is -1.55. The molecule has 3 nitrogen and oxygen atoms in total. The Morgan fingerprint density at radius 2 is 1.83 bits per heavy atom. The van der Waals surface area contributed by atoms with Crippen LogP contribution in [0.4, 0.5) is 0 Å². The van der Waals surface area contributed by atoms with E-state index in [-0.39, 0.29) is 34.5 Å². The van der Waals surface area contributed by atoms with E-state index in [0.29, 0.717) is 24.2 Å². The van der Waals surface area contributed by atoms with E-state index in [0.717, 1.165) is 16.7 Å². The first-order chi connectivity index (χ1) is 11.1. The van der Waals surface area contributed by atoms with E-state index in [4.69, 9.17) is 27.9 Å². The number of halogens is 2. The molecule has 1 N–H and O–H groups in total. The van der Waals surface area contributed by atoms with Gasteiger partial charge in [0.05, 0.1) is 17.5 Å². The Balaban J connectivity index is 1.85. The maximum Gasteiger partial charge on any atom is 0.172 e. The van der Waals surface area contributed by atoms with E-state index in [9.17, 15) is 9.90 Å². The Bertz CT molecular complexity index is 802. The number of aliphatic hydroxyl groups excluding tert-OH is 1. The van der Waals surface area contributed by atoms with Crippen molar-refractivity contribution in [3.05, 3.63) is 62.6 Å². The van der Waals surface area contributed by atoms with E-state index < -0.39 is 0 Å². The van der Waals surface area contributed by atoms with E-state index >= 15 is 0 Å². The summed E-state index contributed by atoms with van der Waals surface area (Å²) in [7, 11) is 0. The second kappa shape index (κ2) is 5.52. The van der Waals surface area contributed by atoms with Gasteiger partial charge in [0.25, 0.3) is 0 Å². The summed E-state index contributed by atoms with van der Waals surface area (Å²) in [5.41, 5.74) is 3.34. The van der Waals surface area contributed by atoms with Crippen LogP contribution in [-0.4, -0.2) is 23.6 Å². The standard InChI is InChI=1S/C18H14Cl2O3/c19-15-14-12(13-6-10(8-21)23-18(13)16(15)20)7-11(17(14)22)9-4-2-1-3-5-9/h1-5,10-11,21H,6-8H2. The summed E-state index contributed by atoms with van der Waals surface area (Å²) in [5.74, 6) is 0.295. The van der Waals surface area contributed by atoms with E-state index in [2.05, 4.69) is 0 Å². The summed E-state index contributed by atoms with van der Waals surface area (Å²) in [4.78, 5) is 12.9. The Morgan fingerprint density at radius 3 is 2.52 bits per heavy atom. The molecule has 2 aromatic rings. The molecule has 5 heteroatoms. The van der Waals surface area contributed by atoms with Gasteiger partial charge in [0.1, 0.15) is 16.9 Å². The number of hydrogen-bond donors (Lipinski definition) is 1. The lowest BCUT2D eigenvalue weighted by Gasteiger charge is -2.10. The SMILES string of the molecule is O=C1c2c(Cl)c(Cl)c3c(c2CC1c1ccccc1)CC(CO)O3.